The second-order valence-electron chi connectivity index (χ2n) is 6.17. The fourth-order valence-electron chi connectivity index (χ4n) is 2.92. The number of methoxy groups -OCH3 is 3. The van der Waals surface area contributed by atoms with Crippen molar-refractivity contribution in [1.82, 2.24) is 14.9 Å². The van der Waals surface area contributed by atoms with E-state index < -0.39 is 0 Å². The Kier molecular flexibility index (Phi) is 5.84. The lowest BCUT2D eigenvalue weighted by atomic mass is 10.1. The highest BCUT2D eigenvalue weighted by Crippen LogP contribution is 2.38. The molecular formula is C21H23N3O4. The Hall–Kier alpha value is -3.48. The second kappa shape index (κ2) is 8.47. The lowest BCUT2D eigenvalue weighted by molar-refractivity contribution is 0.0939. The van der Waals surface area contributed by atoms with Gasteiger partial charge in [-0.2, -0.15) is 0 Å². The van der Waals surface area contributed by atoms with E-state index in [1.54, 1.807) is 24.7 Å². The number of ether oxygens (including phenoxy) is 3. The van der Waals surface area contributed by atoms with Gasteiger partial charge in [0.15, 0.2) is 11.5 Å². The zero-order valence-corrected chi connectivity index (χ0v) is 16.3. The van der Waals surface area contributed by atoms with Gasteiger partial charge in [0.2, 0.25) is 5.75 Å². The van der Waals surface area contributed by atoms with E-state index in [1.165, 1.54) is 21.3 Å². The van der Waals surface area contributed by atoms with Gasteiger partial charge < -0.3 is 24.1 Å². The minimum absolute atomic E-state index is 0.177. The molecule has 3 aromatic rings. The van der Waals surface area contributed by atoms with Crippen LogP contribution in [-0.2, 0) is 0 Å². The number of hydrogen-bond acceptors (Lipinski definition) is 5. The molecule has 1 amide bonds. The molecule has 2 aromatic carbocycles. The van der Waals surface area contributed by atoms with E-state index in [-0.39, 0.29) is 11.9 Å². The van der Waals surface area contributed by atoms with Crippen molar-refractivity contribution >= 4 is 5.91 Å². The summed E-state index contributed by atoms with van der Waals surface area (Å²) in [6, 6.07) is 11.0. The quantitative estimate of drug-likeness (QED) is 0.679. The first-order valence-corrected chi connectivity index (χ1v) is 8.76. The number of imidazole rings is 1. The van der Waals surface area contributed by atoms with Crippen LogP contribution in [0, 0.1) is 0 Å². The smallest absolute Gasteiger partial charge is 0.252 e. The van der Waals surface area contributed by atoms with Gasteiger partial charge in [0, 0.05) is 23.6 Å². The first-order valence-electron chi connectivity index (χ1n) is 8.76. The van der Waals surface area contributed by atoms with Crippen LogP contribution in [0.15, 0.2) is 55.1 Å². The standard InChI is InChI=1S/C21H23N3O4/c1-14(15-5-7-17(8-6-15)24-10-9-22-13-24)23-21(25)16-11-18(26-2)20(28-4)19(12-16)27-3/h5-14H,1-4H3,(H,23,25)/t14-/m1/s1. The van der Waals surface area contributed by atoms with Crippen molar-refractivity contribution in [2.75, 3.05) is 21.3 Å². The molecule has 7 nitrogen and oxygen atoms in total. The monoisotopic (exact) mass is 381 g/mol. The Labute approximate surface area is 163 Å². The van der Waals surface area contributed by atoms with Gasteiger partial charge in [0.25, 0.3) is 5.91 Å². The number of carbonyl (C=O) groups is 1. The SMILES string of the molecule is COc1cc(C(=O)N[C@H](C)c2ccc(-n3ccnc3)cc2)cc(OC)c1OC. The molecule has 7 heteroatoms. The molecule has 0 saturated carbocycles. The average Bonchev–Trinajstić information content (AvgIpc) is 3.27. The molecule has 1 heterocycles. The predicted molar refractivity (Wildman–Crippen MR) is 106 cm³/mol. The number of aromatic nitrogens is 2. The van der Waals surface area contributed by atoms with Crippen molar-refractivity contribution in [1.29, 1.82) is 0 Å². The average molecular weight is 381 g/mol. The number of benzene rings is 2. The van der Waals surface area contributed by atoms with E-state index in [0.717, 1.165) is 11.3 Å². The molecule has 3 rings (SSSR count). The molecular weight excluding hydrogens is 358 g/mol. The van der Waals surface area contributed by atoms with Crippen molar-refractivity contribution in [3.05, 3.63) is 66.2 Å². The summed E-state index contributed by atoms with van der Waals surface area (Å²) in [5.74, 6) is 1.09. The van der Waals surface area contributed by atoms with Gasteiger partial charge in [-0.25, -0.2) is 4.98 Å². The molecule has 0 spiro atoms. The number of hydrogen-bond donors (Lipinski definition) is 1. The van der Waals surface area contributed by atoms with Crippen LogP contribution in [-0.4, -0.2) is 36.8 Å². The van der Waals surface area contributed by atoms with Crippen LogP contribution >= 0.6 is 0 Å². The van der Waals surface area contributed by atoms with Crippen LogP contribution in [0.25, 0.3) is 5.69 Å². The van der Waals surface area contributed by atoms with E-state index >= 15 is 0 Å². The molecule has 0 saturated heterocycles. The molecule has 146 valence electrons. The van der Waals surface area contributed by atoms with Crippen molar-refractivity contribution in [3.63, 3.8) is 0 Å². The molecule has 0 unspecified atom stereocenters. The predicted octanol–water partition coefficient (Wildman–Crippen LogP) is 3.39. The van der Waals surface area contributed by atoms with E-state index in [9.17, 15) is 4.79 Å². The lowest BCUT2D eigenvalue weighted by Crippen LogP contribution is -2.26. The van der Waals surface area contributed by atoms with Crippen molar-refractivity contribution in [2.24, 2.45) is 0 Å². The molecule has 0 radical (unpaired) electrons. The van der Waals surface area contributed by atoms with Gasteiger partial charge in [0.1, 0.15) is 0 Å². The van der Waals surface area contributed by atoms with Crippen LogP contribution in [0.5, 0.6) is 17.2 Å². The zero-order chi connectivity index (χ0) is 20.1. The van der Waals surface area contributed by atoms with Gasteiger partial charge in [-0.05, 0) is 36.8 Å². The summed E-state index contributed by atoms with van der Waals surface area (Å²) in [5.41, 5.74) is 2.42. The van der Waals surface area contributed by atoms with Crippen LogP contribution in [0.4, 0.5) is 0 Å². The molecule has 1 aromatic heterocycles. The third-order valence-corrected chi connectivity index (χ3v) is 4.47. The van der Waals surface area contributed by atoms with Gasteiger partial charge in [-0.1, -0.05) is 12.1 Å². The zero-order valence-electron chi connectivity index (χ0n) is 16.3. The normalized spacial score (nSPS) is 11.6. The summed E-state index contributed by atoms with van der Waals surface area (Å²) >= 11 is 0. The van der Waals surface area contributed by atoms with Gasteiger partial charge >= 0.3 is 0 Å². The molecule has 1 atom stereocenters. The summed E-state index contributed by atoms with van der Waals surface area (Å²) in [5, 5.41) is 3.00. The van der Waals surface area contributed by atoms with E-state index in [4.69, 9.17) is 14.2 Å². The lowest BCUT2D eigenvalue weighted by Gasteiger charge is -2.17. The topological polar surface area (TPSA) is 74.6 Å². The first kappa shape index (κ1) is 19.3. The summed E-state index contributed by atoms with van der Waals surface area (Å²) in [6.45, 7) is 1.93. The maximum atomic E-state index is 12.7. The van der Waals surface area contributed by atoms with Gasteiger partial charge in [0.05, 0.1) is 33.7 Å². The fraction of sp³-hybridized carbons (Fsp3) is 0.238. The maximum Gasteiger partial charge on any atom is 0.252 e. The number of carbonyl (C=O) groups excluding carboxylic acids is 1. The molecule has 1 N–H and O–H groups in total. The Morgan fingerprint density at radius 2 is 1.68 bits per heavy atom. The summed E-state index contributed by atoms with van der Waals surface area (Å²) < 4.78 is 17.8. The summed E-state index contributed by atoms with van der Waals surface area (Å²) in [4.78, 5) is 16.8. The van der Waals surface area contributed by atoms with Crippen molar-refractivity contribution in [3.8, 4) is 22.9 Å². The Morgan fingerprint density at radius 1 is 1.04 bits per heavy atom. The maximum absolute atomic E-state index is 12.7. The van der Waals surface area contributed by atoms with Crippen LogP contribution in [0.3, 0.4) is 0 Å². The number of amides is 1. The van der Waals surface area contributed by atoms with Crippen molar-refractivity contribution < 1.29 is 19.0 Å². The Balaban J connectivity index is 1.77. The highest BCUT2D eigenvalue weighted by Gasteiger charge is 2.18. The Bertz CT molecular complexity index is 912. The molecule has 0 bridgehead atoms. The number of rotatable bonds is 7. The van der Waals surface area contributed by atoms with E-state index in [1.807, 2.05) is 42.0 Å². The molecule has 28 heavy (non-hydrogen) atoms. The molecule has 0 aliphatic heterocycles. The molecule has 0 aliphatic carbocycles. The van der Waals surface area contributed by atoms with Gasteiger partial charge in [-0.15, -0.1) is 0 Å². The highest BCUT2D eigenvalue weighted by molar-refractivity contribution is 5.95. The van der Waals surface area contributed by atoms with Crippen LogP contribution in [0.1, 0.15) is 28.9 Å². The van der Waals surface area contributed by atoms with Crippen LogP contribution < -0.4 is 19.5 Å². The third-order valence-electron chi connectivity index (χ3n) is 4.47. The fourth-order valence-corrected chi connectivity index (χ4v) is 2.92. The largest absolute Gasteiger partial charge is 0.493 e. The molecule has 0 aliphatic rings. The minimum Gasteiger partial charge on any atom is -0.493 e. The molecule has 0 fully saturated rings. The second-order valence-corrected chi connectivity index (χ2v) is 6.17. The van der Waals surface area contributed by atoms with Crippen LogP contribution in [0.2, 0.25) is 0 Å². The van der Waals surface area contributed by atoms with E-state index in [0.29, 0.717) is 22.8 Å². The Morgan fingerprint density at radius 3 is 2.18 bits per heavy atom. The summed E-state index contributed by atoms with van der Waals surface area (Å²) in [7, 11) is 4.56. The van der Waals surface area contributed by atoms with Crippen molar-refractivity contribution in [2.45, 2.75) is 13.0 Å². The first-order chi connectivity index (χ1) is 13.6. The summed E-state index contributed by atoms with van der Waals surface area (Å²) in [6.07, 6.45) is 5.35. The number of nitrogens with zero attached hydrogens (tertiary/aromatic N) is 2. The minimum atomic E-state index is -0.231. The van der Waals surface area contributed by atoms with E-state index in [2.05, 4.69) is 10.3 Å². The number of nitrogens with one attached hydrogen (secondary N) is 1. The van der Waals surface area contributed by atoms with Gasteiger partial charge in [-0.3, -0.25) is 4.79 Å². The third kappa shape index (κ3) is 3.93. The highest BCUT2D eigenvalue weighted by atomic mass is 16.5.